The van der Waals surface area contributed by atoms with Gasteiger partial charge in [0.1, 0.15) is 21.2 Å². The Kier molecular flexibility index (Phi) is 11.8. The average molecular weight is 725 g/mol. The van der Waals surface area contributed by atoms with Gasteiger partial charge in [-0.2, -0.15) is 0 Å². The predicted molar refractivity (Wildman–Crippen MR) is 218 cm³/mol. The third-order valence-electron chi connectivity index (χ3n) is 8.80. The zero-order valence-electron chi connectivity index (χ0n) is 33.6. The zero-order valence-corrected chi connectivity index (χ0v) is 36.1. The van der Waals surface area contributed by atoms with Crippen LogP contribution in [-0.2, 0) is 32.5 Å². The third kappa shape index (κ3) is 10.1. The second-order valence-corrected chi connectivity index (χ2v) is 24.2. The Balaban J connectivity index is 2.33. The Labute approximate surface area is 311 Å². The average Bonchev–Trinajstić information content (AvgIpc) is 2.87. The number of rotatable bonds is 6. The molecule has 0 heterocycles. The van der Waals surface area contributed by atoms with Crippen LogP contribution in [0.25, 0.3) is 0 Å². The summed E-state index contributed by atoms with van der Waals surface area (Å²) >= 11 is 5.40. The summed E-state index contributed by atoms with van der Waals surface area (Å²) in [6.07, 6.45) is 0. The Morgan fingerprint density at radius 3 is 0.592 bits per heavy atom. The highest BCUT2D eigenvalue weighted by atomic mass is 32.3. The number of thioether (sulfide) groups is 3. The molecule has 0 radical (unpaired) electrons. The Morgan fingerprint density at radius 1 is 0.327 bits per heavy atom. The minimum absolute atomic E-state index is 0.0273. The first kappa shape index (κ1) is 41.5. The smallest absolute Gasteiger partial charge is 0.123 e. The van der Waals surface area contributed by atoms with Crippen molar-refractivity contribution in [2.75, 3.05) is 0 Å². The van der Waals surface area contributed by atoms with Crippen LogP contribution >= 0.6 is 35.3 Å². The van der Waals surface area contributed by atoms with Gasteiger partial charge in [0.2, 0.25) is 0 Å². The summed E-state index contributed by atoms with van der Waals surface area (Å²) in [5.74, 6) is 1.15. The van der Waals surface area contributed by atoms with E-state index in [2.05, 4.69) is 161 Å². The first-order valence-corrected chi connectivity index (χ1v) is 20.1. The number of benzene rings is 3. The largest absolute Gasteiger partial charge is 0.507 e. The van der Waals surface area contributed by atoms with Gasteiger partial charge in [0.15, 0.2) is 0 Å². The van der Waals surface area contributed by atoms with E-state index in [0.29, 0.717) is 17.2 Å². The van der Waals surface area contributed by atoms with Crippen molar-refractivity contribution >= 4 is 35.3 Å². The van der Waals surface area contributed by atoms with Crippen molar-refractivity contribution in [2.45, 2.75) is 176 Å². The Hall–Kier alpha value is -1.89. The molecule has 3 N–H and O–H groups in total. The summed E-state index contributed by atoms with van der Waals surface area (Å²) in [5.41, 5.74) is 4.23. The molecule has 0 aromatic heterocycles. The lowest BCUT2D eigenvalue weighted by Crippen LogP contribution is -2.18. The summed E-state index contributed by atoms with van der Waals surface area (Å²) < 4.78 is -0.0273. The zero-order chi connectivity index (χ0) is 37.9. The van der Waals surface area contributed by atoms with Crippen LogP contribution in [0, 0.1) is 0 Å². The van der Waals surface area contributed by atoms with E-state index in [4.69, 9.17) is 0 Å². The van der Waals surface area contributed by atoms with Gasteiger partial charge in [0, 0.05) is 48.1 Å². The van der Waals surface area contributed by atoms with Crippen LogP contribution in [0.1, 0.15) is 158 Å². The van der Waals surface area contributed by atoms with E-state index in [1.165, 1.54) is 0 Å². The topological polar surface area (TPSA) is 60.7 Å². The quantitative estimate of drug-likeness (QED) is 0.174. The molecule has 49 heavy (non-hydrogen) atoms. The first-order chi connectivity index (χ1) is 21.8. The SMILES string of the molecule is CC(C)(C)c1cc(SC(Sc2cc(C(C)(C)C)c(O)c(C(C)(C)C)c2)Sc2cc(C(C)(C)C)c(O)c(C(C)(C)C)c2)cc(C(C)(C)C)c1O. The fourth-order valence-electron chi connectivity index (χ4n) is 5.86. The molecule has 0 fully saturated rings. The first-order valence-electron chi connectivity index (χ1n) is 17.5. The van der Waals surface area contributed by atoms with Crippen LogP contribution in [0.4, 0.5) is 0 Å². The van der Waals surface area contributed by atoms with E-state index < -0.39 is 0 Å². The van der Waals surface area contributed by atoms with Crippen molar-refractivity contribution < 1.29 is 15.3 Å². The van der Waals surface area contributed by atoms with Gasteiger partial charge in [-0.25, -0.2) is 0 Å². The molecule has 3 aromatic rings. The second kappa shape index (κ2) is 13.9. The molecule has 0 spiro atoms. The molecule has 0 amide bonds. The molecule has 272 valence electrons. The second-order valence-electron chi connectivity index (χ2n) is 19.7. The van der Waals surface area contributed by atoms with Crippen molar-refractivity contribution in [1.29, 1.82) is 0 Å². The summed E-state index contributed by atoms with van der Waals surface area (Å²) in [6, 6.07) is 13.0. The van der Waals surface area contributed by atoms with E-state index in [1.807, 2.05) is 0 Å². The van der Waals surface area contributed by atoms with Crippen LogP contribution in [0.3, 0.4) is 0 Å². The number of hydrogen-bond donors (Lipinski definition) is 3. The number of hydrogen-bond acceptors (Lipinski definition) is 6. The molecule has 0 saturated carbocycles. The molecular formula is C43H64O3S3. The molecule has 6 heteroatoms. The maximum Gasteiger partial charge on any atom is 0.123 e. The van der Waals surface area contributed by atoms with Crippen LogP contribution in [0.2, 0.25) is 0 Å². The van der Waals surface area contributed by atoms with Gasteiger partial charge in [-0.15, -0.1) is 0 Å². The van der Waals surface area contributed by atoms with Gasteiger partial charge in [-0.1, -0.05) is 160 Å². The van der Waals surface area contributed by atoms with E-state index in [-0.39, 0.29) is 36.4 Å². The van der Waals surface area contributed by atoms with Crippen molar-refractivity contribution in [2.24, 2.45) is 0 Å². The predicted octanol–water partition coefficient (Wildman–Crippen LogP) is 13.5. The molecule has 0 atom stereocenters. The van der Waals surface area contributed by atoms with E-state index in [0.717, 1.165) is 48.1 Å². The number of phenolic OH excluding ortho intramolecular Hbond substituents is 3. The van der Waals surface area contributed by atoms with Crippen LogP contribution in [-0.4, -0.2) is 19.2 Å². The van der Waals surface area contributed by atoms with E-state index >= 15 is 0 Å². The van der Waals surface area contributed by atoms with Gasteiger partial charge in [-0.3, -0.25) is 0 Å². The monoisotopic (exact) mass is 724 g/mol. The molecule has 0 aliphatic carbocycles. The molecule has 3 nitrogen and oxygen atoms in total. The molecule has 0 aliphatic rings. The minimum atomic E-state index is -0.239. The van der Waals surface area contributed by atoms with Gasteiger partial charge >= 0.3 is 0 Å². The highest BCUT2D eigenvalue weighted by Crippen LogP contribution is 2.52. The summed E-state index contributed by atoms with van der Waals surface area (Å²) in [6.45, 7) is 38.8. The van der Waals surface area contributed by atoms with Gasteiger partial charge in [0.25, 0.3) is 0 Å². The number of aromatic hydroxyl groups is 3. The molecule has 0 unspecified atom stereocenters. The van der Waals surface area contributed by atoms with E-state index in [1.54, 1.807) is 35.3 Å². The lowest BCUT2D eigenvalue weighted by molar-refractivity contribution is 0.421. The van der Waals surface area contributed by atoms with Gasteiger partial charge in [-0.05, 0) is 68.9 Å². The molecular weight excluding hydrogens is 661 g/mol. The molecule has 3 aromatic carbocycles. The molecule has 0 saturated heterocycles. The summed E-state index contributed by atoms with van der Waals surface area (Å²) in [4.78, 5) is 3.32. The molecule has 0 aliphatic heterocycles. The highest BCUT2D eigenvalue weighted by molar-refractivity contribution is 8.32. The summed E-state index contributed by atoms with van der Waals surface area (Å²) in [7, 11) is 0. The third-order valence-corrected chi connectivity index (χ3v) is 12.6. The minimum Gasteiger partial charge on any atom is -0.507 e. The lowest BCUT2D eigenvalue weighted by Gasteiger charge is -2.30. The van der Waals surface area contributed by atoms with Gasteiger partial charge in [0.05, 0.1) is 0 Å². The Morgan fingerprint density at radius 2 is 0.469 bits per heavy atom. The van der Waals surface area contributed by atoms with Gasteiger partial charge < -0.3 is 15.3 Å². The van der Waals surface area contributed by atoms with Crippen LogP contribution in [0.15, 0.2) is 51.1 Å². The Bertz CT molecular complexity index is 1360. The fourth-order valence-corrected chi connectivity index (χ4v) is 10.2. The van der Waals surface area contributed by atoms with Crippen molar-refractivity contribution in [3.05, 3.63) is 69.8 Å². The molecule has 0 bridgehead atoms. The van der Waals surface area contributed by atoms with E-state index in [9.17, 15) is 15.3 Å². The van der Waals surface area contributed by atoms with Crippen molar-refractivity contribution in [3.8, 4) is 17.2 Å². The normalized spacial score (nSPS) is 13.8. The molecule has 3 rings (SSSR count). The number of phenols is 3. The summed E-state index contributed by atoms with van der Waals surface area (Å²) in [5, 5.41) is 34.5. The lowest BCUT2D eigenvalue weighted by atomic mass is 9.79. The maximum atomic E-state index is 11.5. The fraction of sp³-hybridized carbons (Fsp3) is 0.581. The van der Waals surface area contributed by atoms with Crippen LogP contribution in [0.5, 0.6) is 17.2 Å². The van der Waals surface area contributed by atoms with Crippen LogP contribution < -0.4 is 0 Å². The highest BCUT2D eigenvalue weighted by Gasteiger charge is 2.32. The maximum absolute atomic E-state index is 11.5. The van der Waals surface area contributed by atoms with Crippen molar-refractivity contribution in [1.82, 2.24) is 0 Å². The standard InChI is InChI=1S/C43H64O3S3/c1-38(2,3)28-19-25(20-29(34(28)44)39(4,5)6)47-37(48-26-21-30(40(7,8)9)35(45)31(22-26)41(10,11)12)49-27-23-32(42(13,14)15)36(46)33(24-27)43(16,17)18/h19-24,37,44-46H,1-18H3. The van der Waals surface area contributed by atoms with Crippen molar-refractivity contribution in [3.63, 3.8) is 0 Å².